The first kappa shape index (κ1) is 21.7. The fourth-order valence-corrected chi connectivity index (χ4v) is 3.99. The van der Waals surface area contributed by atoms with E-state index in [-0.39, 0.29) is 10.8 Å². The van der Waals surface area contributed by atoms with E-state index in [1.165, 1.54) is 47.9 Å². The number of benzene rings is 2. The van der Waals surface area contributed by atoms with Gasteiger partial charge >= 0.3 is 0 Å². The van der Waals surface area contributed by atoms with Crippen molar-refractivity contribution in [2.45, 2.75) is 91.3 Å². The van der Waals surface area contributed by atoms with Gasteiger partial charge in [-0.2, -0.15) is 0 Å². The molecule has 0 amide bonds. The normalized spacial score (nSPS) is 12.4. The zero-order valence-electron chi connectivity index (χ0n) is 18.3. The molecule has 0 atom stereocenters. The predicted octanol–water partition coefficient (Wildman–Crippen LogP) is 7.56. The van der Waals surface area contributed by atoms with Crippen molar-refractivity contribution in [2.75, 3.05) is 0 Å². The van der Waals surface area contributed by atoms with E-state index >= 15 is 0 Å². The maximum atomic E-state index is 6.06. The number of hydrogen-bond acceptors (Lipinski definition) is 1. The van der Waals surface area contributed by atoms with Crippen molar-refractivity contribution >= 4 is 0 Å². The predicted molar refractivity (Wildman–Crippen MR) is 117 cm³/mol. The first-order valence-corrected chi connectivity index (χ1v) is 10.5. The molecule has 0 saturated carbocycles. The Hall–Kier alpha value is -1.60. The minimum atomic E-state index is 0.226. The molecule has 1 nitrogen and oxygen atoms in total. The highest BCUT2D eigenvalue weighted by Crippen LogP contribution is 2.30. The molecule has 0 heterocycles. The molecule has 0 unspecified atom stereocenters. The van der Waals surface area contributed by atoms with E-state index in [2.05, 4.69) is 90.1 Å². The van der Waals surface area contributed by atoms with E-state index in [4.69, 9.17) is 4.74 Å². The summed E-state index contributed by atoms with van der Waals surface area (Å²) in [6.45, 7) is 15.2. The third kappa shape index (κ3) is 6.21. The highest BCUT2D eigenvalue weighted by molar-refractivity contribution is 5.30. The standard InChI is InChI=1S/C26H38O/c1-7-15-25(3,4)23-13-9-11-21(17-23)19-27-20-22-12-10-14-24(18-22)26(5,6)16-8-2/h9-14,17-18H,7-8,15-16,19-20H2,1-6H3. The highest BCUT2D eigenvalue weighted by atomic mass is 16.5. The molecule has 148 valence electrons. The van der Waals surface area contributed by atoms with Gasteiger partial charge in [0.15, 0.2) is 0 Å². The largest absolute Gasteiger partial charge is 0.372 e. The van der Waals surface area contributed by atoms with E-state index in [1.807, 2.05) is 0 Å². The van der Waals surface area contributed by atoms with Crippen LogP contribution in [0.1, 0.15) is 89.5 Å². The van der Waals surface area contributed by atoms with Crippen molar-refractivity contribution in [3.63, 3.8) is 0 Å². The fourth-order valence-electron chi connectivity index (χ4n) is 3.99. The Morgan fingerprint density at radius 1 is 0.667 bits per heavy atom. The molecule has 0 saturated heterocycles. The summed E-state index contributed by atoms with van der Waals surface area (Å²) < 4.78 is 6.06. The van der Waals surface area contributed by atoms with Crippen molar-refractivity contribution < 1.29 is 4.74 Å². The second-order valence-electron chi connectivity index (χ2n) is 9.16. The lowest BCUT2D eigenvalue weighted by atomic mass is 9.80. The number of ether oxygens (including phenoxy) is 1. The minimum Gasteiger partial charge on any atom is -0.372 e. The molecule has 2 aromatic rings. The van der Waals surface area contributed by atoms with Gasteiger partial charge in [0.05, 0.1) is 13.2 Å². The monoisotopic (exact) mass is 366 g/mol. The molecule has 0 fully saturated rings. The van der Waals surface area contributed by atoms with E-state index < -0.39 is 0 Å². The number of hydrogen-bond donors (Lipinski definition) is 0. The molecule has 27 heavy (non-hydrogen) atoms. The summed E-state index contributed by atoms with van der Waals surface area (Å²) in [7, 11) is 0. The van der Waals surface area contributed by atoms with Crippen LogP contribution in [0.4, 0.5) is 0 Å². The van der Waals surface area contributed by atoms with Crippen molar-refractivity contribution in [2.24, 2.45) is 0 Å². The summed E-state index contributed by atoms with van der Waals surface area (Å²) >= 11 is 0. The van der Waals surface area contributed by atoms with Crippen molar-refractivity contribution in [1.82, 2.24) is 0 Å². The quantitative estimate of drug-likeness (QED) is 0.421. The van der Waals surface area contributed by atoms with Gasteiger partial charge < -0.3 is 4.74 Å². The Morgan fingerprint density at radius 3 is 1.44 bits per heavy atom. The summed E-state index contributed by atoms with van der Waals surface area (Å²) in [5.41, 5.74) is 5.80. The summed E-state index contributed by atoms with van der Waals surface area (Å²) in [5.74, 6) is 0. The molecule has 0 aromatic heterocycles. The maximum Gasteiger partial charge on any atom is 0.0721 e. The van der Waals surface area contributed by atoms with Crippen LogP contribution in [-0.2, 0) is 28.8 Å². The molecule has 0 N–H and O–H groups in total. The average Bonchev–Trinajstić information content (AvgIpc) is 2.62. The van der Waals surface area contributed by atoms with Crippen molar-refractivity contribution in [3.8, 4) is 0 Å². The van der Waals surface area contributed by atoms with Gasteiger partial charge in [-0.1, -0.05) is 103 Å². The molecule has 0 radical (unpaired) electrons. The van der Waals surface area contributed by atoms with Gasteiger partial charge in [-0.05, 0) is 45.9 Å². The summed E-state index contributed by atoms with van der Waals surface area (Å²) in [6.07, 6.45) is 4.83. The van der Waals surface area contributed by atoms with Gasteiger partial charge in [0.1, 0.15) is 0 Å². The Labute approximate surface area is 167 Å². The lowest BCUT2D eigenvalue weighted by Crippen LogP contribution is -2.17. The SMILES string of the molecule is CCCC(C)(C)c1cccc(COCc2cccc(C(C)(C)CCC)c2)c1. The van der Waals surface area contributed by atoms with Crippen LogP contribution >= 0.6 is 0 Å². The third-order valence-electron chi connectivity index (χ3n) is 5.70. The Bertz CT molecular complexity index is 650. The maximum absolute atomic E-state index is 6.06. The highest BCUT2D eigenvalue weighted by Gasteiger charge is 2.20. The summed E-state index contributed by atoms with van der Waals surface area (Å²) in [4.78, 5) is 0. The lowest BCUT2D eigenvalue weighted by Gasteiger charge is -2.25. The second kappa shape index (κ2) is 9.55. The van der Waals surface area contributed by atoms with Crippen LogP contribution in [0.2, 0.25) is 0 Å². The average molecular weight is 367 g/mol. The van der Waals surface area contributed by atoms with E-state index in [0.29, 0.717) is 13.2 Å². The van der Waals surface area contributed by atoms with Gasteiger partial charge in [0.25, 0.3) is 0 Å². The third-order valence-corrected chi connectivity index (χ3v) is 5.70. The molecule has 0 spiro atoms. The van der Waals surface area contributed by atoms with Crippen molar-refractivity contribution in [3.05, 3.63) is 70.8 Å². The van der Waals surface area contributed by atoms with Crippen LogP contribution in [-0.4, -0.2) is 0 Å². The lowest BCUT2D eigenvalue weighted by molar-refractivity contribution is 0.107. The topological polar surface area (TPSA) is 9.23 Å². The van der Waals surface area contributed by atoms with Gasteiger partial charge in [-0.3, -0.25) is 0 Å². The fraction of sp³-hybridized carbons (Fsp3) is 0.538. The first-order chi connectivity index (χ1) is 12.8. The molecule has 0 aliphatic rings. The second-order valence-corrected chi connectivity index (χ2v) is 9.16. The molecule has 2 aromatic carbocycles. The van der Waals surface area contributed by atoms with E-state index in [0.717, 1.165) is 0 Å². The van der Waals surface area contributed by atoms with Crippen LogP contribution in [0.3, 0.4) is 0 Å². The smallest absolute Gasteiger partial charge is 0.0721 e. The molecule has 0 aliphatic carbocycles. The van der Waals surface area contributed by atoms with Crippen LogP contribution < -0.4 is 0 Å². The van der Waals surface area contributed by atoms with Crippen LogP contribution in [0, 0.1) is 0 Å². The summed E-state index contributed by atoms with van der Waals surface area (Å²) in [5, 5.41) is 0. The Kier molecular flexibility index (Phi) is 7.68. The molecule has 0 aliphatic heterocycles. The Morgan fingerprint density at radius 2 is 1.07 bits per heavy atom. The first-order valence-electron chi connectivity index (χ1n) is 10.5. The van der Waals surface area contributed by atoms with Crippen LogP contribution in [0.15, 0.2) is 48.5 Å². The minimum absolute atomic E-state index is 0.226. The molecule has 2 rings (SSSR count). The van der Waals surface area contributed by atoms with Crippen LogP contribution in [0.25, 0.3) is 0 Å². The zero-order chi connectivity index (χ0) is 19.9. The van der Waals surface area contributed by atoms with E-state index in [1.54, 1.807) is 0 Å². The zero-order valence-corrected chi connectivity index (χ0v) is 18.3. The van der Waals surface area contributed by atoms with Gasteiger partial charge in [0.2, 0.25) is 0 Å². The number of rotatable bonds is 10. The Balaban J connectivity index is 1.99. The van der Waals surface area contributed by atoms with Gasteiger partial charge in [0, 0.05) is 0 Å². The molecule has 0 bridgehead atoms. The summed E-state index contributed by atoms with van der Waals surface area (Å²) in [6, 6.07) is 17.8. The molecule has 1 heteroatoms. The molecular formula is C26H38O. The van der Waals surface area contributed by atoms with E-state index in [9.17, 15) is 0 Å². The van der Waals surface area contributed by atoms with Gasteiger partial charge in [-0.25, -0.2) is 0 Å². The van der Waals surface area contributed by atoms with Gasteiger partial charge in [-0.15, -0.1) is 0 Å². The van der Waals surface area contributed by atoms with Crippen molar-refractivity contribution in [1.29, 1.82) is 0 Å². The molecular weight excluding hydrogens is 328 g/mol. The van der Waals surface area contributed by atoms with Crippen LogP contribution in [0.5, 0.6) is 0 Å².